The Bertz CT molecular complexity index is 393. The predicted octanol–water partition coefficient (Wildman–Crippen LogP) is 4.06. The molecule has 4 heteroatoms. The summed E-state index contributed by atoms with van der Waals surface area (Å²) in [6.45, 7) is 0.116. The van der Waals surface area contributed by atoms with Gasteiger partial charge in [0.25, 0.3) is 0 Å². The molecule has 100 valence electrons. The van der Waals surface area contributed by atoms with Crippen LogP contribution in [0, 0.1) is 0 Å². The Hall–Kier alpha value is -0.0900. The van der Waals surface area contributed by atoms with E-state index in [2.05, 4.69) is 21.2 Å². The molecule has 0 radical (unpaired) electrons. The molecule has 0 aromatic heterocycles. The van der Waals surface area contributed by atoms with Gasteiger partial charge in [0, 0.05) is 10.5 Å². The summed E-state index contributed by atoms with van der Waals surface area (Å²) in [5, 5.41) is 13.8. The molecule has 1 aromatic rings. The van der Waals surface area contributed by atoms with E-state index in [0.717, 1.165) is 10.0 Å². The summed E-state index contributed by atoms with van der Waals surface area (Å²) in [7, 11) is 0. The lowest BCUT2D eigenvalue weighted by atomic mass is 9.94. The lowest BCUT2D eigenvalue weighted by Crippen LogP contribution is -2.36. The van der Waals surface area contributed by atoms with Crippen molar-refractivity contribution in [2.45, 2.75) is 44.2 Å². The first-order chi connectivity index (χ1) is 8.70. The molecule has 1 aliphatic rings. The predicted molar refractivity (Wildman–Crippen MR) is 79.0 cm³/mol. The highest BCUT2D eigenvalue weighted by molar-refractivity contribution is 9.10. The zero-order valence-corrected chi connectivity index (χ0v) is 12.7. The van der Waals surface area contributed by atoms with Crippen molar-refractivity contribution in [3.8, 4) is 0 Å². The van der Waals surface area contributed by atoms with E-state index in [9.17, 15) is 5.11 Å². The average Bonchev–Trinajstić information content (AvgIpc) is 2.40. The molecule has 1 fully saturated rings. The molecule has 1 unspecified atom stereocenters. The Balaban J connectivity index is 2.04. The molecule has 2 rings (SSSR count). The molecule has 0 amide bonds. The van der Waals surface area contributed by atoms with Crippen LogP contribution in [-0.2, 0) is 0 Å². The number of rotatable bonds is 4. The SMILES string of the molecule is OCC(NC1CCCCC1)c1ccc(Cl)c(Br)c1. The van der Waals surface area contributed by atoms with Crippen LogP contribution in [0.3, 0.4) is 0 Å². The number of halogens is 2. The Kier molecular flexibility index (Phi) is 5.49. The molecule has 0 aliphatic heterocycles. The summed E-state index contributed by atoms with van der Waals surface area (Å²) >= 11 is 9.42. The quantitative estimate of drug-likeness (QED) is 0.871. The Labute approximate surface area is 122 Å². The van der Waals surface area contributed by atoms with Gasteiger partial charge in [-0.1, -0.05) is 36.9 Å². The first-order valence-corrected chi connectivity index (χ1v) is 7.69. The summed E-state index contributed by atoms with van der Waals surface area (Å²) in [6, 6.07) is 6.36. The molecule has 1 aliphatic carbocycles. The van der Waals surface area contributed by atoms with Crippen molar-refractivity contribution < 1.29 is 5.11 Å². The van der Waals surface area contributed by atoms with Crippen molar-refractivity contribution in [1.82, 2.24) is 5.32 Å². The fourth-order valence-corrected chi connectivity index (χ4v) is 3.05. The normalized spacial score (nSPS) is 18.8. The molecule has 0 spiro atoms. The molecule has 2 N–H and O–H groups in total. The van der Waals surface area contributed by atoms with Crippen LogP contribution in [0.15, 0.2) is 22.7 Å². The molecule has 0 saturated heterocycles. The van der Waals surface area contributed by atoms with E-state index in [4.69, 9.17) is 11.6 Å². The number of nitrogens with one attached hydrogen (secondary N) is 1. The zero-order chi connectivity index (χ0) is 13.0. The van der Waals surface area contributed by atoms with Gasteiger partial charge in [0.15, 0.2) is 0 Å². The van der Waals surface area contributed by atoms with Gasteiger partial charge in [0.2, 0.25) is 0 Å². The third kappa shape index (κ3) is 3.70. The molecule has 1 atom stereocenters. The third-order valence-electron chi connectivity index (χ3n) is 3.57. The van der Waals surface area contributed by atoms with Gasteiger partial charge in [-0.15, -0.1) is 0 Å². The minimum Gasteiger partial charge on any atom is -0.394 e. The van der Waals surface area contributed by atoms with Crippen molar-refractivity contribution in [3.63, 3.8) is 0 Å². The summed E-state index contributed by atoms with van der Waals surface area (Å²) in [6.07, 6.45) is 6.35. The Morgan fingerprint density at radius 3 is 2.67 bits per heavy atom. The molecular formula is C14H19BrClNO. The van der Waals surface area contributed by atoms with Gasteiger partial charge >= 0.3 is 0 Å². The highest BCUT2D eigenvalue weighted by Crippen LogP contribution is 2.27. The van der Waals surface area contributed by atoms with Crippen molar-refractivity contribution in [2.75, 3.05) is 6.61 Å². The number of benzene rings is 1. The second-order valence-corrected chi connectivity index (χ2v) is 6.17. The lowest BCUT2D eigenvalue weighted by molar-refractivity contribution is 0.220. The Morgan fingerprint density at radius 2 is 2.06 bits per heavy atom. The number of aliphatic hydroxyl groups is 1. The lowest BCUT2D eigenvalue weighted by Gasteiger charge is -2.28. The third-order valence-corrected chi connectivity index (χ3v) is 4.78. The van der Waals surface area contributed by atoms with Gasteiger partial charge in [-0.05, 0) is 46.5 Å². The van der Waals surface area contributed by atoms with Crippen LogP contribution in [0.5, 0.6) is 0 Å². The zero-order valence-electron chi connectivity index (χ0n) is 10.3. The molecule has 0 heterocycles. The fourth-order valence-electron chi connectivity index (χ4n) is 2.54. The van der Waals surface area contributed by atoms with E-state index in [1.807, 2.05) is 18.2 Å². The smallest absolute Gasteiger partial charge is 0.0626 e. The first kappa shape index (κ1) is 14.3. The number of aliphatic hydroxyl groups excluding tert-OH is 1. The summed E-state index contributed by atoms with van der Waals surface area (Å²) < 4.78 is 0.880. The van der Waals surface area contributed by atoms with Crippen molar-refractivity contribution in [1.29, 1.82) is 0 Å². The fraction of sp³-hybridized carbons (Fsp3) is 0.571. The van der Waals surface area contributed by atoms with Gasteiger partial charge in [-0.2, -0.15) is 0 Å². The van der Waals surface area contributed by atoms with E-state index >= 15 is 0 Å². The van der Waals surface area contributed by atoms with Crippen LogP contribution in [0.25, 0.3) is 0 Å². The average molecular weight is 333 g/mol. The minimum absolute atomic E-state index is 0.00154. The number of hydrogen-bond donors (Lipinski definition) is 2. The summed E-state index contributed by atoms with van der Waals surface area (Å²) in [5.74, 6) is 0. The second kappa shape index (κ2) is 6.90. The topological polar surface area (TPSA) is 32.3 Å². The van der Waals surface area contributed by atoms with Crippen molar-refractivity contribution in [2.24, 2.45) is 0 Å². The van der Waals surface area contributed by atoms with Crippen LogP contribution in [0.2, 0.25) is 5.02 Å². The molecule has 0 bridgehead atoms. The van der Waals surface area contributed by atoms with Crippen LogP contribution < -0.4 is 5.32 Å². The van der Waals surface area contributed by atoms with Crippen molar-refractivity contribution in [3.05, 3.63) is 33.3 Å². The van der Waals surface area contributed by atoms with E-state index in [0.29, 0.717) is 11.1 Å². The van der Waals surface area contributed by atoms with E-state index in [-0.39, 0.29) is 12.6 Å². The van der Waals surface area contributed by atoms with Gasteiger partial charge in [-0.3, -0.25) is 0 Å². The monoisotopic (exact) mass is 331 g/mol. The molecule has 18 heavy (non-hydrogen) atoms. The van der Waals surface area contributed by atoms with Gasteiger partial charge in [-0.25, -0.2) is 0 Å². The van der Waals surface area contributed by atoms with Crippen molar-refractivity contribution >= 4 is 27.5 Å². The number of hydrogen-bond acceptors (Lipinski definition) is 2. The van der Waals surface area contributed by atoms with Gasteiger partial charge in [0.1, 0.15) is 0 Å². The molecule has 1 saturated carbocycles. The van der Waals surface area contributed by atoms with Crippen LogP contribution in [0.4, 0.5) is 0 Å². The van der Waals surface area contributed by atoms with Gasteiger partial charge < -0.3 is 10.4 Å². The largest absolute Gasteiger partial charge is 0.394 e. The maximum atomic E-state index is 9.56. The highest BCUT2D eigenvalue weighted by atomic mass is 79.9. The van der Waals surface area contributed by atoms with E-state index < -0.39 is 0 Å². The summed E-state index contributed by atoms with van der Waals surface area (Å²) in [4.78, 5) is 0. The maximum Gasteiger partial charge on any atom is 0.0626 e. The van der Waals surface area contributed by atoms with Crippen LogP contribution in [-0.4, -0.2) is 17.8 Å². The van der Waals surface area contributed by atoms with E-state index in [1.54, 1.807) is 0 Å². The highest BCUT2D eigenvalue weighted by Gasteiger charge is 2.19. The maximum absolute atomic E-state index is 9.56. The molecular weight excluding hydrogens is 314 g/mol. The van der Waals surface area contributed by atoms with Crippen LogP contribution in [0.1, 0.15) is 43.7 Å². The van der Waals surface area contributed by atoms with Gasteiger partial charge in [0.05, 0.1) is 17.7 Å². The Morgan fingerprint density at radius 1 is 1.33 bits per heavy atom. The molecule has 1 aromatic carbocycles. The molecule has 2 nitrogen and oxygen atoms in total. The standard InChI is InChI=1S/C14H19BrClNO/c15-12-8-10(6-7-13(12)16)14(9-18)17-11-4-2-1-3-5-11/h6-8,11,14,17-18H,1-5,9H2. The van der Waals surface area contributed by atoms with E-state index in [1.165, 1.54) is 32.1 Å². The summed E-state index contributed by atoms with van der Waals surface area (Å²) in [5.41, 5.74) is 1.08. The van der Waals surface area contributed by atoms with Crippen LogP contribution >= 0.6 is 27.5 Å². The first-order valence-electron chi connectivity index (χ1n) is 6.52. The minimum atomic E-state index is 0.00154. The second-order valence-electron chi connectivity index (χ2n) is 4.91.